The Morgan fingerprint density at radius 2 is 2.13 bits per heavy atom. The van der Waals surface area contributed by atoms with Gasteiger partial charge in [0.05, 0.1) is 0 Å². The van der Waals surface area contributed by atoms with Crippen molar-refractivity contribution in [1.29, 1.82) is 0 Å². The van der Waals surface area contributed by atoms with Gasteiger partial charge in [0.15, 0.2) is 0 Å². The molecule has 1 saturated heterocycles. The normalized spacial score (nSPS) is 28.8. The van der Waals surface area contributed by atoms with Crippen molar-refractivity contribution in [3.05, 3.63) is 0 Å². The third-order valence-corrected chi connectivity index (χ3v) is 6.40. The van der Waals surface area contributed by atoms with E-state index in [2.05, 4.69) is 10.5 Å². The molecule has 0 aliphatic carbocycles. The van der Waals surface area contributed by atoms with Gasteiger partial charge < -0.3 is 0 Å². The van der Waals surface area contributed by atoms with Gasteiger partial charge >= 0.3 is 102 Å². The second kappa shape index (κ2) is 4.97. The molecular formula is C10H19INO3-. The number of nitrogens with one attached hydrogen (secondary N) is 1. The summed E-state index contributed by atoms with van der Waals surface area (Å²) < 4.78 is 13.5. The monoisotopic (exact) mass is 328 g/mol. The molecule has 2 unspecified atom stereocenters. The van der Waals surface area contributed by atoms with Crippen LogP contribution in [-0.4, -0.2) is 22.9 Å². The Morgan fingerprint density at radius 3 is 2.53 bits per heavy atom. The van der Waals surface area contributed by atoms with Crippen LogP contribution in [0.15, 0.2) is 0 Å². The van der Waals surface area contributed by atoms with E-state index >= 15 is 0 Å². The number of carbonyl (C=O) groups is 1. The Morgan fingerprint density at radius 1 is 1.53 bits per heavy atom. The fraction of sp³-hybridized carbons (Fsp3) is 0.900. The van der Waals surface area contributed by atoms with E-state index in [0.29, 0.717) is 6.61 Å². The Balaban J connectivity index is 2.54. The van der Waals surface area contributed by atoms with Gasteiger partial charge in [0.1, 0.15) is 0 Å². The van der Waals surface area contributed by atoms with E-state index in [1.165, 1.54) is 0 Å². The second-order valence-electron chi connectivity index (χ2n) is 3.92. The molecule has 0 bridgehead atoms. The van der Waals surface area contributed by atoms with Crippen LogP contribution < -0.4 is 25.0 Å². The maximum atomic E-state index is 11.9. The number of hydrogen-bond donors (Lipinski definition) is 1. The molecule has 1 heterocycles. The SMILES string of the molecule is CCOCOC(=O)C(C)(CC)C1(C)N[I-]1. The van der Waals surface area contributed by atoms with Crippen LogP contribution in [0.4, 0.5) is 0 Å². The molecule has 1 aliphatic rings. The summed E-state index contributed by atoms with van der Waals surface area (Å²) in [5.41, 5.74) is -0.405. The zero-order valence-corrected chi connectivity index (χ0v) is 11.9. The minimum atomic E-state index is -0.405. The van der Waals surface area contributed by atoms with Gasteiger partial charge in [0, 0.05) is 0 Å². The van der Waals surface area contributed by atoms with Crippen molar-refractivity contribution in [1.82, 2.24) is 3.53 Å². The van der Waals surface area contributed by atoms with E-state index < -0.39 is 5.41 Å². The molecule has 0 aromatic heterocycles. The molecule has 1 fully saturated rings. The van der Waals surface area contributed by atoms with E-state index in [0.717, 1.165) is 6.42 Å². The van der Waals surface area contributed by atoms with E-state index in [-0.39, 0.29) is 37.8 Å². The van der Waals surface area contributed by atoms with Crippen molar-refractivity contribution >= 4 is 5.97 Å². The first-order valence-corrected chi connectivity index (χ1v) is 7.33. The van der Waals surface area contributed by atoms with Crippen molar-refractivity contribution in [3.8, 4) is 0 Å². The predicted octanol–water partition coefficient (Wildman–Crippen LogP) is -1.74. The first kappa shape index (κ1) is 13.2. The van der Waals surface area contributed by atoms with E-state index in [1.807, 2.05) is 20.8 Å². The quantitative estimate of drug-likeness (QED) is 0.0920. The predicted molar refractivity (Wildman–Crippen MR) is 52.5 cm³/mol. The summed E-state index contributed by atoms with van der Waals surface area (Å²) in [5.74, 6) is -0.148. The maximum absolute atomic E-state index is 11.9. The van der Waals surface area contributed by atoms with Gasteiger partial charge in [-0.2, -0.15) is 0 Å². The molecule has 0 radical (unpaired) electrons. The van der Waals surface area contributed by atoms with Gasteiger partial charge in [0.2, 0.25) is 0 Å². The van der Waals surface area contributed by atoms with E-state index in [1.54, 1.807) is 0 Å². The Hall–Kier alpha value is 0.120. The average Bonchev–Trinajstić information content (AvgIpc) is 2.97. The molecule has 0 amide bonds. The Bertz CT molecular complexity index is 243. The van der Waals surface area contributed by atoms with Crippen LogP contribution in [0.25, 0.3) is 0 Å². The summed E-state index contributed by atoms with van der Waals surface area (Å²) in [6.07, 6.45) is 0.793. The fourth-order valence-electron chi connectivity index (χ4n) is 1.29. The minimum absolute atomic E-state index is 0.00390. The Labute approximate surface area is 102 Å². The number of esters is 1. The molecule has 5 heteroatoms. The third-order valence-electron chi connectivity index (χ3n) is 3.05. The first-order valence-electron chi connectivity index (χ1n) is 5.17. The van der Waals surface area contributed by atoms with E-state index in [9.17, 15) is 4.79 Å². The van der Waals surface area contributed by atoms with Gasteiger partial charge in [0.25, 0.3) is 0 Å². The van der Waals surface area contributed by atoms with Crippen molar-refractivity contribution in [3.63, 3.8) is 0 Å². The summed E-state index contributed by atoms with van der Waals surface area (Å²) in [6, 6.07) is 0. The fourth-order valence-corrected chi connectivity index (χ4v) is 3.48. The van der Waals surface area contributed by atoms with Gasteiger partial charge in [-0.15, -0.1) is 0 Å². The summed E-state index contributed by atoms with van der Waals surface area (Å²) >= 11 is -0.0505. The number of ether oxygens (including phenoxy) is 2. The number of carbonyl (C=O) groups excluding carboxylic acids is 1. The molecular weight excluding hydrogens is 309 g/mol. The second-order valence-corrected chi connectivity index (χ2v) is 7.16. The molecule has 0 spiro atoms. The van der Waals surface area contributed by atoms with Crippen molar-refractivity contribution in [2.75, 3.05) is 13.4 Å². The van der Waals surface area contributed by atoms with Crippen LogP contribution in [0.2, 0.25) is 0 Å². The molecule has 4 nitrogen and oxygen atoms in total. The molecule has 1 aliphatic heterocycles. The summed E-state index contributed by atoms with van der Waals surface area (Å²) in [4.78, 5) is 11.9. The van der Waals surface area contributed by atoms with Crippen LogP contribution in [0.1, 0.15) is 34.1 Å². The van der Waals surface area contributed by atoms with Gasteiger partial charge in [-0.1, -0.05) is 0 Å². The zero-order chi connectivity index (χ0) is 11.5. The topological polar surface area (TPSA) is 57.5 Å². The molecule has 1 rings (SSSR count). The molecule has 0 aromatic carbocycles. The van der Waals surface area contributed by atoms with Crippen LogP contribution >= 0.6 is 0 Å². The van der Waals surface area contributed by atoms with Crippen LogP contribution in [0.5, 0.6) is 0 Å². The van der Waals surface area contributed by atoms with Gasteiger partial charge in [-0.05, 0) is 0 Å². The standard InChI is InChI=1S/C10H19INO3/c1-5-9(3,10(4)11-12-10)8(13)15-7-14-6-2/h12H,5-7H2,1-4H3/q-1. The number of halogens is 1. The number of rotatable bonds is 6. The average molecular weight is 328 g/mol. The summed E-state index contributed by atoms with van der Waals surface area (Å²) in [7, 11) is 0. The molecule has 90 valence electrons. The summed E-state index contributed by atoms with van der Waals surface area (Å²) in [6.45, 7) is 8.61. The van der Waals surface area contributed by atoms with Crippen molar-refractivity contribution in [2.24, 2.45) is 5.41 Å². The van der Waals surface area contributed by atoms with E-state index in [4.69, 9.17) is 9.47 Å². The zero-order valence-electron chi connectivity index (χ0n) is 9.72. The number of hydrogen-bond acceptors (Lipinski definition) is 4. The third kappa shape index (κ3) is 2.62. The molecule has 15 heavy (non-hydrogen) atoms. The molecule has 0 saturated carbocycles. The first-order chi connectivity index (χ1) is 7.00. The number of alkyl halides is 1. The van der Waals surface area contributed by atoms with Crippen LogP contribution in [-0.2, 0) is 14.3 Å². The van der Waals surface area contributed by atoms with Gasteiger partial charge in [-0.3, -0.25) is 0 Å². The van der Waals surface area contributed by atoms with Gasteiger partial charge in [-0.25, -0.2) is 0 Å². The molecule has 0 aromatic rings. The summed E-state index contributed by atoms with van der Waals surface area (Å²) in [5, 5.41) is 0. The van der Waals surface area contributed by atoms with Crippen LogP contribution in [0, 0.1) is 5.41 Å². The van der Waals surface area contributed by atoms with Crippen LogP contribution in [0.3, 0.4) is 0 Å². The van der Waals surface area contributed by atoms with Crippen molar-refractivity contribution < 1.29 is 35.7 Å². The Kier molecular flexibility index (Phi) is 4.37. The molecule has 1 N–H and O–H groups in total. The molecule has 2 atom stereocenters. The van der Waals surface area contributed by atoms with Crippen molar-refractivity contribution in [2.45, 2.75) is 37.7 Å².